The molecule has 134 valence electrons. The lowest BCUT2D eigenvalue weighted by atomic mass is 9.92. The maximum Gasteiger partial charge on any atom is 0.290 e. The summed E-state index contributed by atoms with van der Waals surface area (Å²) in [6.45, 7) is 4.12. The van der Waals surface area contributed by atoms with E-state index in [9.17, 15) is 14.7 Å². The first-order valence-corrected chi connectivity index (χ1v) is 8.55. The predicted molar refractivity (Wildman–Crippen MR) is 95.9 cm³/mol. The summed E-state index contributed by atoms with van der Waals surface area (Å²) in [5, 5.41) is 10.5. The minimum atomic E-state index is -0.628. The number of hydrogen-bond acceptors (Lipinski definition) is 5. The first-order valence-electron chi connectivity index (χ1n) is 8.55. The Morgan fingerprint density at radius 3 is 2.54 bits per heavy atom. The van der Waals surface area contributed by atoms with Crippen LogP contribution >= 0.6 is 0 Å². The molecule has 0 saturated heterocycles. The number of hydrogen-bond donors (Lipinski definition) is 1. The zero-order valence-electron chi connectivity index (χ0n) is 14.8. The Hall–Kier alpha value is -3.02. The highest BCUT2D eigenvalue weighted by Crippen LogP contribution is 2.39. The molecule has 1 aliphatic rings. The molecule has 3 rings (SSSR count). The van der Waals surface area contributed by atoms with Crippen LogP contribution in [0.5, 0.6) is 0 Å². The molecule has 0 bridgehead atoms. The van der Waals surface area contributed by atoms with Crippen LogP contribution in [-0.4, -0.2) is 31.7 Å². The summed E-state index contributed by atoms with van der Waals surface area (Å²) in [5.41, 5.74) is 1.73. The Morgan fingerprint density at radius 2 is 1.92 bits per heavy atom. The molecule has 0 aromatic carbocycles. The third-order valence-electron chi connectivity index (χ3n) is 4.30. The van der Waals surface area contributed by atoms with Gasteiger partial charge in [0.1, 0.15) is 0 Å². The number of carbonyl (C=O) groups is 2. The number of aliphatic hydroxyl groups is 1. The van der Waals surface area contributed by atoms with Crippen LogP contribution in [0.2, 0.25) is 0 Å². The summed E-state index contributed by atoms with van der Waals surface area (Å²) >= 11 is 0. The standard InChI is InChI=1S/C20H21N3O3/c1-13(2)10-16(24)17-18(15-5-8-21-9-6-15)23(20(26)19(17)25)12-14-4-3-7-22-11-14/h3-9,11,13,18,25H,10,12H2,1-2H3. The van der Waals surface area contributed by atoms with Gasteiger partial charge in [0.05, 0.1) is 11.6 Å². The van der Waals surface area contributed by atoms with Gasteiger partial charge in [0.15, 0.2) is 11.5 Å². The van der Waals surface area contributed by atoms with Crippen molar-refractivity contribution in [3.05, 3.63) is 71.5 Å². The number of rotatable bonds is 6. The zero-order chi connectivity index (χ0) is 18.7. The average Bonchev–Trinajstić information content (AvgIpc) is 2.88. The normalized spacial score (nSPS) is 17.3. The van der Waals surface area contributed by atoms with Gasteiger partial charge >= 0.3 is 0 Å². The predicted octanol–water partition coefficient (Wildman–Crippen LogP) is 2.99. The van der Waals surface area contributed by atoms with Gasteiger partial charge in [0.25, 0.3) is 5.91 Å². The van der Waals surface area contributed by atoms with Crippen molar-refractivity contribution in [2.45, 2.75) is 32.9 Å². The van der Waals surface area contributed by atoms with Crippen molar-refractivity contribution in [3.8, 4) is 0 Å². The molecule has 1 aliphatic heterocycles. The molecule has 0 spiro atoms. The van der Waals surface area contributed by atoms with Crippen molar-refractivity contribution in [2.75, 3.05) is 0 Å². The zero-order valence-corrected chi connectivity index (χ0v) is 14.8. The maximum atomic E-state index is 12.8. The fourth-order valence-corrected chi connectivity index (χ4v) is 3.16. The molecule has 2 aromatic heterocycles. The summed E-state index contributed by atoms with van der Waals surface area (Å²) in [7, 11) is 0. The van der Waals surface area contributed by atoms with Crippen molar-refractivity contribution in [2.24, 2.45) is 5.92 Å². The van der Waals surface area contributed by atoms with Crippen molar-refractivity contribution in [1.29, 1.82) is 0 Å². The van der Waals surface area contributed by atoms with Crippen LogP contribution in [0.15, 0.2) is 60.4 Å². The second-order valence-corrected chi connectivity index (χ2v) is 6.76. The lowest BCUT2D eigenvalue weighted by Crippen LogP contribution is -2.30. The summed E-state index contributed by atoms with van der Waals surface area (Å²) in [6.07, 6.45) is 6.82. The quantitative estimate of drug-likeness (QED) is 0.865. The van der Waals surface area contributed by atoms with Crippen molar-refractivity contribution >= 4 is 11.7 Å². The van der Waals surface area contributed by atoms with Crippen LogP contribution in [0.4, 0.5) is 0 Å². The largest absolute Gasteiger partial charge is 0.503 e. The second-order valence-electron chi connectivity index (χ2n) is 6.76. The smallest absolute Gasteiger partial charge is 0.290 e. The van der Waals surface area contributed by atoms with E-state index < -0.39 is 17.7 Å². The lowest BCUT2D eigenvalue weighted by molar-refractivity contribution is -0.130. The van der Waals surface area contributed by atoms with Crippen LogP contribution in [-0.2, 0) is 16.1 Å². The third kappa shape index (κ3) is 3.49. The summed E-state index contributed by atoms with van der Waals surface area (Å²) in [4.78, 5) is 35.1. The minimum absolute atomic E-state index is 0.128. The van der Waals surface area contributed by atoms with E-state index in [0.29, 0.717) is 0 Å². The molecule has 3 heterocycles. The number of ketones is 1. The molecule has 26 heavy (non-hydrogen) atoms. The number of amides is 1. The molecule has 1 N–H and O–H groups in total. The van der Waals surface area contributed by atoms with Gasteiger partial charge in [0.2, 0.25) is 0 Å². The Morgan fingerprint density at radius 1 is 1.19 bits per heavy atom. The molecular formula is C20H21N3O3. The highest BCUT2D eigenvalue weighted by atomic mass is 16.3. The van der Waals surface area contributed by atoms with E-state index in [1.165, 1.54) is 4.90 Å². The average molecular weight is 351 g/mol. The Balaban J connectivity index is 2.02. The van der Waals surface area contributed by atoms with E-state index in [2.05, 4.69) is 9.97 Å². The summed E-state index contributed by atoms with van der Waals surface area (Å²) in [6, 6.07) is 6.53. The van der Waals surface area contributed by atoms with Crippen LogP contribution in [0.1, 0.15) is 37.4 Å². The van der Waals surface area contributed by atoms with Crippen LogP contribution in [0, 0.1) is 5.92 Å². The summed E-state index contributed by atoms with van der Waals surface area (Å²) in [5.74, 6) is -1.08. The van der Waals surface area contributed by atoms with Gasteiger partial charge in [-0.15, -0.1) is 0 Å². The van der Waals surface area contributed by atoms with Crippen molar-refractivity contribution in [1.82, 2.24) is 14.9 Å². The van der Waals surface area contributed by atoms with Crippen LogP contribution < -0.4 is 0 Å². The molecule has 1 amide bonds. The number of aliphatic hydroxyl groups excluding tert-OH is 1. The molecule has 1 atom stereocenters. The van der Waals surface area contributed by atoms with E-state index in [-0.39, 0.29) is 30.2 Å². The highest BCUT2D eigenvalue weighted by Gasteiger charge is 2.43. The Labute approximate surface area is 152 Å². The van der Waals surface area contributed by atoms with Crippen molar-refractivity contribution in [3.63, 3.8) is 0 Å². The van der Waals surface area contributed by atoms with Gasteiger partial charge in [0, 0.05) is 37.8 Å². The number of carbonyl (C=O) groups excluding carboxylic acids is 2. The molecule has 0 aliphatic carbocycles. The second kappa shape index (κ2) is 7.47. The number of nitrogens with zero attached hydrogens (tertiary/aromatic N) is 3. The van der Waals surface area contributed by atoms with Gasteiger partial charge in [-0.1, -0.05) is 19.9 Å². The van der Waals surface area contributed by atoms with Gasteiger partial charge in [-0.05, 0) is 35.2 Å². The number of pyridine rings is 2. The fourth-order valence-electron chi connectivity index (χ4n) is 3.16. The topological polar surface area (TPSA) is 83.4 Å². The third-order valence-corrected chi connectivity index (χ3v) is 4.30. The van der Waals surface area contributed by atoms with Gasteiger partial charge in [-0.2, -0.15) is 0 Å². The molecule has 0 saturated carbocycles. The van der Waals surface area contributed by atoms with E-state index in [1.807, 2.05) is 19.9 Å². The fraction of sp³-hybridized carbons (Fsp3) is 0.300. The van der Waals surface area contributed by atoms with E-state index in [1.54, 1.807) is 43.0 Å². The first-order chi connectivity index (χ1) is 12.5. The van der Waals surface area contributed by atoms with Crippen molar-refractivity contribution < 1.29 is 14.7 Å². The maximum absolute atomic E-state index is 12.8. The Bertz CT molecular complexity index is 832. The molecule has 1 unspecified atom stereocenters. The van der Waals surface area contributed by atoms with Crippen LogP contribution in [0.3, 0.4) is 0 Å². The molecule has 0 fully saturated rings. The molecular weight excluding hydrogens is 330 g/mol. The molecule has 0 radical (unpaired) electrons. The van der Waals surface area contributed by atoms with Gasteiger partial charge in [-0.25, -0.2) is 0 Å². The minimum Gasteiger partial charge on any atom is -0.503 e. The van der Waals surface area contributed by atoms with Crippen LogP contribution in [0.25, 0.3) is 0 Å². The SMILES string of the molecule is CC(C)CC(=O)C1=C(O)C(=O)N(Cc2cccnc2)C1c1ccncc1. The number of Topliss-reactive ketones (excluding diaryl/α,β-unsaturated/α-hetero) is 1. The first kappa shape index (κ1) is 17.8. The summed E-state index contributed by atoms with van der Waals surface area (Å²) < 4.78 is 0. The van der Waals surface area contributed by atoms with E-state index in [0.717, 1.165) is 11.1 Å². The highest BCUT2D eigenvalue weighted by molar-refractivity contribution is 6.08. The monoisotopic (exact) mass is 351 g/mol. The molecule has 6 nitrogen and oxygen atoms in total. The number of aromatic nitrogens is 2. The van der Waals surface area contributed by atoms with Gasteiger partial charge in [-0.3, -0.25) is 19.6 Å². The van der Waals surface area contributed by atoms with E-state index in [4.69, 9.17) is 0 Å². The lowest BCUT2D eigenvalue weighted by Gasteiger charge is -2.27. The Kier molecular flexibility index (Phi) is 5.11. The molecule has 6 heteroatoms. The van der Waals surface area contributed by atoms with E-state index >= 15 is 0 Å². The molecule has 2 aromatic rings. The van der Waals surface area contributed by atoms with Gasteiger partial charge < -0.3 is 10.0 Å².